The number of amides is 1. The molecule has 0 aliphatic heterocycles. The number of benzene rings is 2. The van der Waals surface area contributed by atoms with Crippen molar-refractivity contribution in [2.75, 3.05) is 13.7 Å². The first kappa shape index (κ1) is 17.5. The Balaban J connectivity index is 1.95. The second kappa shape index (κ2) is 8.12. The van der Waals surface area contributed by atoms with Crippen LogP contribution in [-0.2, 0) is 4.79 Å². The molecule has 2 aromatic rings. The van der Waals surface area contributed by atoms with E-state index in [1.54, 1.807) is 49.6 Å². The van der Waals surface area contributed by atoms with Crippen LogP contribution in [0.3, 0.4) is 0 Å². The molecule has 0 spiro atoms. The van der Waals surface area contributed by atoms with Gasteiger partial charge in [-0.25, -0.2) is 0 Å². The zero-order valence-corrected chi connectivity index (χ0v) is 13.5. The molecule has 2 aromatic carbocycles. The minimum atomic E-state index is -0.837. The van der Waals surface area contributed by atoms with Gasteiger partial charge >= 0.3 is 5.97 Å². The predicted octanol–water partition coefficient (Wildman–Crippen LogP) is 2.08. The summed E-state index contributed by atoms with van der Waals surface area (Å²) in [5, 5.41) is 12.8. The Labute approximate surface area is 140 Å². The Bertz CT molecular complexity index is 712. The van der Waals surface area contributed by atoms with Crippen molar-refractivity contribution in [3.05, 3.63) is 59.7 Å². The van der Waals surface area contributed by atoms with Crippen molar-refractivity contribution in [1.29, 1.82) is 0 Å². The summed E-state index contributed by atoms with van der Waals surface area (Å²) in [5.74, 6) is 0.169. The standard InChI is InChI=1S/C18H19NO5/c1-12(20)24-16-5-3-4-14(10-16)18(22)19-11-17(21)13-6-8-15(23-2)9-7-13/h3-10,17,21H,11H2,1-2H3,(H,19,22). The number of carbonyl (C=O) groups is 2. The Morgan fingerprint density at radius 2 is 1.83 bits per heavy atom. The fraction of sp³-hybridized carbons (Fsp3) is 0.222. The number of aliphatic hydroxyl groups excluding tert-OH is 1. The Morgan fingerprint density at radius 3 is 2.46 bits per heavy atom. The van der Waals surface area contributed by atoms with Crippen LogP contribution in [0.25, 0.3) is 0 Å². The number of esters is 1. The van der Waals surface area contributed by atoms with Gasteiger partial charge in [-0.15, -0.1) is 0 Å². The molecule has 2 rings (SSSR count). The van der Waals surface area contributed by atoms with E-state index in [0.29, 0.717) is 22.6 Å². The largest absolute Gasteiger partial charge is 0.497 e. The summed E-state index contributed by atoms with van der Waals surface area (Å²) in [7, 11) is 1.57. The third-order valence-electron chi connectivity index (χ3n) is 3.31. The van der Waals surface area contributed by atoms with Gasteiger partial charge in [0, 0.05) is 19.0 Å². The number of rotatable bonds is 6. The molecular formula is C18H19NO5. The summed E-state index contributed by atoms with van der Waals surface area (Å²) in [4.78, 5) is 23.1. The molecule has 1 atom stereocenters. The topological polar surface area (TPSA) is 84.9 Å². The van der Waals surface area contributed by atoms with Crippen LogP contribution < -0.4 is 14.8 Å². The fourth-order valence-corrected chi connectivity index (χ4v) is 2.10. The van der Waals surface area contributed by atoms with E-state index in [-0.39, 0.29) is 12.5 Å². The highest BCUT2D eigenvalue weighted by Crippen LogP contribution is 2.17. The molecule has 24 heavy (non-hydrogen) atoms. The molecule has 0 saturated carbocycles. The monoisotopic (exact) mass is 329 g/mol. The molecule has 0 heterocycles. The van der Waals surface area contributed by atoms with Crippen molar-refractivity contribution in [2.45, 2.75) is 13.0 Å². The number of ether oxygens (including phenoxy) is 2. The maximum atomic E-state index is 12.1. The number of hydrogen-bond donors (Lipinski definition) is 2. The van der Waals surface area contributed by atoms with Crippen LogP contribution in [0.1, 0.15) is 28.9 Å². The van der Waals surface area contributed by atoms with E-state index in [4.69, 9.17) is 9.47 Å². The lowest BCUT2D eigenvalue weighted by atomic mass is 10.1. The molecule has 2 N–H and O–H groups in total. The smallest absolute Gasteiger partial charge is 0.308 e. The molecule has 1 amide bonds. The molecule has 0 bridgehead atoms. The van der Waals surface area contributed by atoms with E-state index in [1.165, 1.54) is 13.0 Å². The first-order valence-electron chi connectivity index (χ1n) is 7.38. The Morgan fingerprint density at radius 1 is 1.12 bits per heavy atom. The van der Waals surface area contributed by atoms with Crippen molar-refractivity contribution in [1.82, 2.24) is 5.32 Å². The van der Waals surface area contributed by atoms with E-state index in [0.717, 1.165) is 0 Å². The molecule has 126 valence electrons. The minimum absolute atomic E-state index is 0.0585. The number of hydrogen-bond acceptors (Lipinski definition) is 5. The Hall–Kier alpha value is -2.86. The van der Waals surface area contributed by atoms with E-state index >= 15 is 0 Å². The van der Waals surface area contributed by atoms with Crippen molar-refractivity contribution in [2.24, 2.45) is 0 Å². The molecule has 6 nitrogen and oxygen atoms in total. The maximum Gasteiger partial charge on any atom is 0.308 e. The van der Waals surface area contributed by atoms with Gasteiger partial charge in [0.15, 0.2) is 0 Å². The molecule has 0 fully saturated rings. The van der Waals surface area contributed by atoms with Crippen molar-refractivity contribution < 1.29 is 24.2 Å². The van der Waals surface area contributed by atoms with Gasteiger partial charge in [-0.1, -0.05) is 18.2 Å². The number of nitrogens with one attached hydrogen (secondary N) is 1. The third-order valence-corrected chi connectivity index (χ3v) is 3.31. The second-order valence-corrected chi connectivity index (χ2v) is 5.12. The summed E-state index contributed by atoms with van der Waals surface area (Å²) >= 11 is 0. The summed E-state index contributed by atoms with van der Waals surface area (Å²) in [6.07, 6.45) is -0.837. The van der Waals surface area contributed by atoms with Crippen molar-refractivity contribution >= 4 is 11.9 Å². The van der Waals surface area contributed by atoms with Crippen LogP contribution >= 0.6 is 0 Å². The summed E-state index contributed by atoms with van der Waals surface area (Å²) < 4.78 is 10.00. The molecule has 1 unspecified atom stereocenters. The van der Waals surface area contributed by atoms with Gasteiger partial charge in [0.25, 0.3) is 5.91 Å². The van der Waals surface area contributed by atoms with Crippen molar-refractivity contribution in [3.8, 4) is 11.5 Å². The SMILES string of the molecule is COc1ccc(C(O)CNC(=O)c2cccc(OC(C)=O)c2)cc1. The molecule has 0 radical (unpaired) electrons. The van der Waals surface area contributed by atoms with Gasteiger partial charge in [0.05, 0.1) is 13.2 Å². The fourth-order valence-electron chi connectivity index (χ4n) is 2.10. The van der Waals surface area contributed by atoms with Crippen molar-refractivity contribution in [3.63, 3.8) is 0 Å². The van der Waals surface area contributed by atoms with E-state index in [2.05, 4.69) is 5.32 Å². The zero-order valence-electron chi connectivity index (χ0n) is 13.5. The molecule has 0 aromatic heterocycles. The number of carbonyl (C=O) groups excluding carboxylic acids is 2. The number of methoxy groups -OCH3 is 1. The minimum Gasteiger partial charge on any atom is -0.497 e. The van der Waals surface area contributed by atoms with Crippen LogP contribution in [-0.4, -0.2) is 30.6 Å². The van der Waals surface area contributed by atoms with Crippen LogP contribution in [0.4, 0.5) is 0 Å². The lowest BCUT2D eigenvalue weighted by molar-refractivity contribution is -0.131. The van der Waals surface area contributed by atoms with E-state index in [9.17, 15) is 14.7 Å². The summed E-state index contributed by atoms with van der Waals surface area (Å²) in [5.41, 5.74) is 1.01. The molecular weight excluding hydrogens is 310 g/mol. The maximum absolute atomic E-state index is 12.1. The highest BCUT2D eigenvalue weighted by Gasteiger charge is 2.12. The van der Waals surface area contributed by atoms with Crippen LogP contribution in [0.5, 0.6) is 11.5 Å². The van der Waals surface area contributed by atoms with Crippen LogP contribution in [0.15, 0.2) is 48.5 Å². The van der Waals surface area contributed by atoms with Gasteiger partial charge in [0.1, 0.15) is 11.5 Å². The zero-order chi connectivity index (χ0) is 17.5. The lowest BCUT2D eigenvalue weighted by Crippen LogP contribution is -2.28. The predicted molar refractivity (Wildman–Crippen MR) is 88.0 cm³/mol. The van der Waals surface area contributed by atoms with Gasteiger partial charge < -0.3 is 19.9 Å². The van der Waals surface area contributed by atoms with Gasteiger partial charge in [-0.05, 0) is 35.9 Å². The molecule has 6 heteroatoms. The Kier molecular flexibility index (Phi) is 5.92. The third kappa shape index (κ3) is 4.82. The lowest BCUT2D eigenvalue weighted by Gasteiger charge is -2.13. The average Bonchev–Trinajstić information content (AvgIpc) is 2.59. The van der Waals surface area contributed by atoms with Crippen LogP contribution in [0.2, 0.25) is 0 Å². The summed E-state index contributed by atoms with van der Waals surface area (Å²) in [6, 6.07) is 13.2. The second-order valence-electron chi connectivity index (χ2n) is 5.12. The van der Waals surface area contributed by atoms with Gasteiger partial charge in [0.2, 0.25) is 0 Å². The first-order chi connectivity index (χ1) is 11.5. The highest BCUT2D eigenvalue weighted by atomic mass is 16.5. The normalized spacial score (nSPS) is 11.5. The van der Waals surface area contributed by atoms with E-state index in [1.807, 2.05) is 0 Å². The van der Waals surface area contributed by atoms with Gasteiger partial charge in [-0.3, -0.25) is 9.59 Å². The molecule has 0 aliphatic carbocycles. The molecule has 0 aliphatic rings. The average molecular weight is 329 g/mol. The van der Waals surface area contributed by atoms with Crippen LogP contribution in [0, 0.1) is 0 Å². The van der Waals surface area contributed by atoms with E-state index < -0.39 is 12.1 Å². The quantitative estimate of drug-likeness (QED) is 0.626. The highest BCUT2D eigenvalue weighted by molar-refractivity contribution is 5.94. The summed E-state index contributed by atoms with van der Waals surface area (Å²) in [6.45, 7) is 1.35. The molecule has 0 saturated heterocycles. The van der Waals surface area contributed by atoms with Gasteiger partial charge in [-0.2, -0.15) is 0 Å². The first-order valence-corrected chi connectivity index (χ1v) is 7.38. The number of aliphatic hydroxyl groups is 1.